The molecule has 1 aliphatic heterocycles. The van der Waals surface area contributed by atoms with Crippen LogP contribution in [0.25, 0.3) is 0 Å². The summed E-state index contributed by atoms with van der Waals surface area (Å²) in [5, 5.41) is 3.32. The van der Waals surface area contributed by atoms with E-state index in [9.17, 15) is 4.79 Å². The Morgan fingerprint density at radius 2 is 2.50 bits per heavy atom. The quantitative estimate of drug-likeness (QED) is 0.631. The number of anilines is 2. The molecule has 0 bridgehead atoms. The molecule has 1 unspecified atom stereocenters. The van der Waals surface area contributed by atoms with Crippen LogP contribution in [0.1, 0.15) is 13.3 Å². The van der Waals surface area contributed by atoms with Gasteiger partial charge in [-0.25, -0.2) is 4.98 Å². The summed E-state index contributed by atoms with van der Waals surface area (Å²) in [6, 6.07) is 0.352. The average molecular weight is 223 g/mol. The number of piperazine rings is 1. The van der Waals surface area contributed by atoms with Crippen molar-refractivity contribution in [1.29, 1.82) is 0 Å². The molecular weight excluding hydrogens is 206 g/mol. The van der Waals surface area contributed by atoms with Crippen LogP contribution in [0.3, 0.4) is 0 Å². The predicted molar refractivity (Wildman–Crippen MR) is 63.6 cm³/mol. The van der Waals surface area contributed by atoms with Crippen LogP contribution in [0.15, 0.2) is 11.1 Å². The lowest BCUT2D eigenvalue weighted by Crippen LogP contribution is -2.52. The average Bonchev–Trinajstić information content (AvgIpc) is 2.33. The van der Waals surface area contributed by atoms with Crippen LogP contribution in [0, 0.1) is 0 Å². The number of aromatic amines is 1. The Hall–Kier alpha value is -1.56. The first-order valence-electron chi connectivity index (χ1n) is 5.54. The number of nitrogen functional groups attached to an aromatic ring is 1. The number of rotatable bonds is 2. The second-order valence-electron chi connectivity index (χ2n) is 3.93. The first-order valence-corrected chi connectivity index (χ1v) is 5.54. The molecule has 1 aliphatic rings. The van der Waals surface area contributed by atoms with Crippen molar-refractivity contribution >= 4 is 11.5 Å². The van der Waals surface area contributed by atoms with E-state index in [-0.39, 0.29) is 11.2 Å². The third-order valence-electron chi connectivity index (χ3n) is 2.96. The molecule has 2 rings (SSSR count). The highest BCUT2D eigenvalue weighted by Crippen LogP contribution is 2.20. The minimum Gasteiger partial charge on any atom is -0.391 e. The smallest absolute Gasteiger partial charge is 0.276 e. The van der Waals surface area contributed by atoms with Crippen LogP contribution >= 0.6 is 0 Å². The minimum absolute atomic E-state index is 0.211. The molecule has 0 spiro atoms. The summed E-state index contributed by atoms with van der Waals surface area (Å²) < 4.78 is 0. The molecule has 2 heterocycles. The van der Waals surface area contributed by atoms with Gasteiger partial charge in [0.15, 0.2) is 5.82 Å². The minimum atomic E-state index is -0.265. The Morgan fingerprint density at radius 1 is 1.69 bits per heavy atom. The van der Waals surface area contributed by atoms with E-state index < -0.39 is 0 Å². The van der Waals surface area contributed by atoms with Crippen molar-refractivity contribution in [3.05, 3.63) is 16.7 Å². The number of hydrogen-bond donors (Lipinski definition) is 3. The highest BCUT2D eigenvalue weighted by atomic mass is 16.1. The molecule has 1 aromatic heterocycles. The normalized spacial score (nSPS) is 21.1. The summed E-state index contributed by atoms with van der Waals surface area (Å²) in [6.45, 7) is 4.75. The molecule has 6 nitrogen and oxygen atoms in total. The van der Waals surface area contributed by atoms with Gasteiger partial charge in [-0.05, 0) is 6.42 Å². The molecule has 1 fully saturated rings. The summed E-state index contributed by atoms with van der Waals surface area (Å²) in [5.41, 5.74) is 5.71. The number of nitrogens with one attached hydrogen (secondary N) is 2. The SMILES string of the molecule is CCC1CNCCN1c1nc[nH]c(=O)c1N. The molecule has 0 radical (unpaired) electrons. The monoisotopic (exact) mass is 223 g/mol. The van der Waals surface area contributed by atoms with Gasteiger partial charge in [0.25, 0.3) is 5.56 Å². The Morgan fingerprint density at radius 3 is 3.25 bits per heavy atom. The van der Waals surface area contributed by atoms with Crippen molar-refractivity contribution in [3.63, 3.8) is 0 Å². The maximum Gasteiger partial charge on any atom is 0.276 e. The lowest BCUT2D eigenvalue weighted by molar-refractivity contribution is 0.463. The van der Waals surface area contributed by atoms with Crippen LogP contribution in [0.5, 0.6) is 0 Å². The van der Waals surface area contributed by atoms with Gasteiger partial charge >= 0.3 is 0 Å². The molecule has 0 aromatic carbocycles. The van der Waals surface area contributed by atoms with Crippen molar-refractivity contribution in [2.75, 3.05) is 30.3 Å². The molecule has 1 atom stereocenters. The molecule has 0 saturated carbocycles. The molecule has 0 amide bonds. The zero-order chi connectivity index (χ0) is 11.5. The fourth-order valence-corrected chi connectivity index (χ4v) is 2.03. The van der Waals surface area contributed by atoms with E-state index in [1.165, 1.54) is 6.33 Å². The third kappa shape index (κ3) is 1.88. The third-order valence-corrected chi connectivity index (χ3v) is 2.96. The lowest BCUT2D eigenvalue weighted by Gasteiger charge is -2.36. The molecule has 6 heteroatoms. The van der Waals surface area contributed by atoms with Crippen molar-refractivity contribution in [2.24, 2.45) is 0 Å². The Balaban J connectivity index is 2.34. The first-order chi connectivity index (χ1) is 7.74. The molecule has 16 heavy (non-hydrogen) atoms. The maximum absolute atomic E-state index is 11.4. The van der Waals surface area contributed by atoms with Crippen molar-refractivity contribution < 1.29 is 0 Å². The molecule has 0 aliphatic carbocycles. The van der Waals surface area contributed by atoms with E-state index in [0.29, 0.717) is 11.9 Å². The van der Waals surface area contributed by atoms with Gasteiger partial charge in [-0.3, -0.25) is 4.79 Å². The van der Waals surface area contributed by atoms with Gasteiger partial charge in [-0.1, -0.05) is 6.92 Å². The maximum atomic E-state index is 11.4. The summed E-state index contributed by atoms with van der Waals surface area (Å²) in [7, 11) is 0. The number of aromatic nitrogens is 2. The summed E-state index contributed by atoms with van der Waals surface area (Å²) in [6.07, 6.45) is 2.41. The lowest BCUT2D eigenvalue weighted by atomic mass is 10.1. The number of H-pyrrole nitrogens is 1. The molecule has 88 valence electrons. The zero-order valence-corrected chi connectivity index (χ0v) is 9.36. The van der Waals surface area contributed by atoms with E-state index in [0.717, 1.165) is 26.1 Å². The Labute approximate surface area is 93.9 Å². The van der Waals surface area contributed by atoms with Crippen molar-refractivity contribution in [2.45, 2.75) is 19.4 Å². The van der Waals surface area contributed by atoms with Crippen LogP contribution in [0.2, 0.25) is 0 Å². The van der Waals surface area contributed by atoms with Gasteiger partial charge < -0.3 is 20.9 Å². The van der Waals surface area contributed by atoms with Gasteiger partial charge in [0.1, 0.15) is 5.69 Å². The first kappa shape index (κ1) is 10.9. The number of nitrogens with zero attached hydrogens (tertiary/aromatic N) is 2. The van der Waals surface area contributed by atoms with E-state index >= 15 is 0 Å². The van der Waals surface area contributed by atoms with Crippen molar-refractivity contribution in [3.8, 4) is 0 Å². The summed E-state index contributed by atoms with van der Waals surface area (Å²) in [5.74, 6) is 0.608. The predicted octanol–water partition coefficient (Wildman–Crippen LogP) is -0.460. The van der Waals surface area contributed by atoms with Gasteiger partial charge in [0.05, 0.1) is 6.33 Å². The van der Waals surface area contributed by atoms with Crippen molar-refractivity contribution in [1.82, 2.24) is 15.3 Å². The van der Waals surface area contributed by atoms with Crippen LogP contribution < -0.4 is 21.5 Å². The van der Waals surface area contributed by atoms with Crippen LogP contribution in [-0.4, -0.2) is 35.6 Å². The zero-order valence-electron chi connectivity index (χ0n) is 9.36. The molecule has 1 aromatic rings. The van der Waals surface area contributed by atoms with Gasteiger partial charge in [0, 0.05) is 25.7 Å². The molecular formula is C10H17N5O. The van der Waals surface area contributed by atoms with Gasteiger partial charge in [0.2, 0.25) is 0 Å². The van der Waals surface area contributed by atoms with Crippen LogP contribution in [0.4, 0.5) is 11.5 Å². The second kappa shape index (κ2) is 4.52. The fourth-order valence-electron chi connectivity index (χ4n) is 2.03. The Bertz CT molecular complexity index is 416. The van der Waals surface area contributed by atoms with E-state index in [1.54, 1.807) is 0 Å². The number of nitrogens with two attached hydrogens (primary N) is 1. The van der Waals surface area contributed by atoms with Gasteiger partial charge in [-0.15, -0.1) is 0 Å². The second-order valence-corrected chi connectivity index (χ2v) is 3.93. The summed E-state index contributed by atoms with van der Waals surface area (Å²) in [4.78, 5) is 20.2. The molecule has 1 saturated heterocycles. The van der Waals surface area contributed by atoms with Crippen LogP contribution in [-0.2, 0) is 0 Å². The molecule has 4 N–H and O–H groups in total. The largest absolute Gasteiger partial charge is 0.391 e. The topological polar surface area (TPSA) is 87.0 Å². The van der Waals surface area contributed by atoms with E-state index in [4.69, 9.17) is 5.73 Å². The highest BCUT2D eigenvalue weighted by molar-refractivity contribution is 5.61. The van der Waals surface area contributed by atoms with Gasteiger partial charge in [-0.2, -0.15) is 0 Å². The number of hydrogen-bond acceptors (Lipinski definition) is 5. The summed E-state index contributed by atoms with van der Waals surface area (Å²) >= 11 is 0. The highest BCUT2D eigenvalue weighted by Gasteiger charge is 2.24. The van der Waals surface area contributed by atoms with E-state index in [2.05, 4.69) is 27.1 Å². The van der Waals surface area contributed by atoms with E-state index in [1.807, 2.05) is 0 Å². The fraction of sp³-hybridized carbons (Fsp3) is 0.600. The standard InChI is InChI=1S/C10H17N5O/c1-2-7-5-12-3-4-15(7)9-8(11)10(16)14-6-13-9/h6-7,12H,2-5,11H2,1H3,(H,13,14,16). The Kier molecular flexibility index (Phi) is 3.09.